The third-order valence-corrected chi connectivity index (χ3v) is 12.2. The summed E-state index contributed by atoms with van der Waals surface area (Å²) in [6.45, 7) is 2.03. The summed E-state index contributed by atoms with van der Waals surface area (Å²) in [5.74, 6) is -0.197. The maximum atomic E-state index is 15.9. The molecule has 0 spiro atoms. The lowest BCUT2D eigenvalue weighted by atomic mass is 9.93. The molecule has 4 atom stereocenters. The van der Waals surface area contributed by atoms with Crippen molar-refractivity contribution < 1.29 is 27.9 Å². The van der Waals surface area contributed by atoms with Crippen LogP contribution in [0.1, 0.15) is 97.1 Å². The number of nitrogens with zero attached hydrogens (tertiary/aromatic N) is 6. The third kappa shape index (κ3) is 8.22. The highest BCUT2D eigenvalue weighted by atomic mass is 19.1. The number of ether oxygens (including phenoxy) is 1. The Hall–Kier alpha value is -6.09. The Morgan fingerprint density at radius 2 is 1.33 bits per heavy atom. The SMILES string of the molecule is COC(=O)NC(C(=O)N1CCCC1c1ncc(-c2cc(F)c(N3CCC(c4cnc(C5CCCN5C(=O)C(c5ccccc5)N(C)C)[nH]4)CC3)c(F)c2)[nH]1)c1ccccc1. The number of piperidine rings is 1. The lowest BCUT2D eigenvalue weighted by molar-refractivity contribution is -0.137. The molecule has 314 valence electrons. The summed E-state index contributed by atoms with van der Waals surface area (Å²) in [5.41, 5.74) is 3.21. The molecule has 8 rings (SSSR count). The highest BCUT2D eigenvalue weighted by Gasteiger charge is 2.39. The number of alkyl carbamates (subject to hydrolysis) is 1. The van der Waals surface area contributed by atoms with Crippen LogP contribution in [0.2, 0.25) is 0 Å². The summed E-state index contributed by atoms with van der Waals surface area (Å²) in [7, 11) is 5.09. The van der Waals surface area contributed by atoms with E-state index >= 15 is 8.78 Å². The van der Waals surface area contributed by atoms with Crippen LogP contribution in [0.4, 0.5) is 19.3 Å². The molecule has 60 heavy (non-hydrogen) atoms. The fraction of sp³-hybridized carbons (Fsp3) is 0.400. The van der Waals surface area contributed by atoms with Gasteiger partial charge in [0.2, 0.25) is 5.91 Å². The van der Waals surface area contributed by atoms with Crippen LogP contribution >= 0.6 is 0 Å². The summed E-state index contributed by atoms with van der Waals surface area (Å²) in [6, 6.07) is 19.5. The van der Waals surface area contributed by atoms with Crippen LogP contribution in [-0.4, -0.2) is 99.9 Å². The minimum atomic E-state index is -0.965. The van der Waals surface area contributed by atoms with Gasteiger partial charge in [0, 0.05) is 49.6 Å². The van der Waals surface area contributed by atoms with Crippen molar-refractivity contribution in [1.29, 1.82) is 0 Å². The molecule has 5 heterocycles. The highest BCUT2D eigenvalue weighted by Crippen LogP contribution is 2.39. The van der Waals surface area contributed by atoms with E-state index in [-0.39, 0.29) is 29.5 Å². The lowest BCUT2D eigenvalue weighted by Gasteiger charge is -2.33. The first kappa shape index (κ1) is 40.7. The first-order chi connectivity index (χ1) is 29.1. The third-order valence-electron chi connectivity index (χ3n) is 12.2. The van der Waals surface area contributed by atoms with Gasteiger partial charge in [0.1, 0.15) is 41.1 Å². The Balaban J connectivity index is 0.915. The zero-order valence-corrected chi connectivity index (χ0v) is 34.1. The van der Waals surface area contributed by atoms with E-state index in [9.17, 15) is 14.4 Å². The van der Waals surface area contributed by atoms with Crippen LogP contribution in [0, 0.1) is 11.6 Å². The number of aromatic amines is 2. The second-order valence-electron chi connectivity index (χ2n) is 16.1. The normalized spacial score (nSPS) is 19.5. The number of rotatable bonds is 11. The van der Waals surface area contributed by atoms with Crippen molar-refractivity contribution in [2.24, 2.45) is 0 Å². The van der Waals surface area contributed by atoms with Gasteiger partial charge in [-0.05, 0) is 75.9 Å². The van der Waals surface area contributed by atoms with Gasteiger partial charge in [0.25, 0.3) is 5.91 Å². The van der Waals surface area contributed by atoms with Gasteiger partial charge >= 0.3 is 6.09 Å². The number of anilines is 1. The van der Waals surface area contributed by atoms with E-state index in [1.807, 2.05) is 66.5 Å². The van der Waals surface area contributed by atoms with Crippen molar-refractivity contribution in [3.8, 4) is 11.3 Å². The van der Waals surface area contributed by atoms with E-state index in [0.29, 0.717) is 68.1 Å². The summed E-state index contributed by atoms with van der Waals surface area (Å²) < 4.78 is 36.6. The number of nitrogens with one attached hydrogen (secondary N) is 3. The van der Waals surface area contributed by atoms with E-state index in [2.05, 4.69) is 20.3 Å². The standard InChI is InChI=1S/C45H51F2N9O4/c1-53(2)39(30-14-8-5-9-15-30)44(58)56-21-11-17-37(56)42-48-26-34(50-42)28-18-22-54(23-19-28)40-32(46)24-31(25-33(40)47)35-27-49-41(51-35)36-16-10-20-55(36)43(57)38(52-45(59)60-3)29-12-6-4-7-13-29/h4-9,12-15,24-28,36-39H,10-11,16-23H2,1-3H3,(H,48,50)(H,49,51)(H,52,59). The molecule has 0 saturated carbocycles. The maximum absolute atomic E-state index is 15.9. The van der Waals surface area contributed by atoms with Gasteiger partial charge in [0.15, 0.2) is 0 Å². The Morgan fingerprint density at radius 3 is 1.93 bits per heavy atom. The molecule has 15 heteroatoms. The van der Waals surface area contributed by atoms with Crippen LogP contribution in [0.25, 0.3) is 11.3 Å². The molecule has 0 radical (unpaired) electrons. The Labute approximate surface area is 348 Å². The van der Waals surface area contributed by atoms with Crippen molar-refractivity contribution in [2.75, 3.05) is 52.3 Å². The molecule has 3 aliphatic rings. The van der Waals surface area contributed by atoms with Crippen molar-refractivity contribution >= 4 is 23.6 Å². The fourth-order valence-corrected chi connectivity index (χ4v) is 9.18. The average molecular weight is 820 g/mol. The fourth-order valence-electron chi connectivity index (χ4n) is 9.18. The van der Waals surface area contributed by atoms with E-state index < -0.39 is 35.9 Å². The zero-order valence-electron chi connectivity index (χ0n) is 34.1. The minimum absolute atomic E-state index is 0.0546. The molecule has 3 aromatic carbocycles. The van der Waals surface area contributed by atoms with Crippen molar-refractivity contribution in [3.63, 3.8) is 0 Å². The van der Waals surface area contributed by atoms with Crippen LogP contribution in [0.3, 0.4) is 0 Å². The monoisotopic (exact) mass is 819 g/mol. The molecule has 3 aliphatic heterocycles. The quantitative estimate of drug-likeness (QED) is 0.127. The first-order valence-electron chi connectivity index (χ1n) is 20.7. The maximum Gasteiger partial charge on any atom is 0.407 e. The van der Waals surface area contributed by atoms with Gasteiger partial charge < -0.3 is 34.7 Å². The van der Waals surface area contributed by atoms with Crippen LogP contribution in [-0.2, 0) is 14.3 Å². The molecule has 5 aromatic rings. The molecule has 2 aromatic heterocycles. The number of likely N-dealkylation sites (tertiary alicyclic amines) is 2. The lowest BCUT2D eigenvalue weighted by Crippen LogP contribution is -2.42. The number of carbonyl (C=O) groups excluding carboxylic acids is 3. The van der Waals surface area contributed by atoms with Crippen LogP contribution in [0.15, 0.2) is 85.2 Å². The van der Waals surface area contributed by atoms with E-state index in [0.717, 1.165) is 36.3 Å². The largest absolute Gasteiger partial charge is 0.453 e. The molecule has 3 fully saturated rings. The number of amides is 3. The van der Waals surface area contributed by atoms with Gasteiger partial charge in [-0.25, -0.2) is 23.5 Å². The van der Waals surface area contributed by atoms with Crippen molar-refractivity contribution in [2.45, 2.75) is 68.6 Å². The van der Waals surface area contributed by atoms with Crippen molar-refractivity contribution in [1.82, 2.24) is 40.0 Å². The number of imidazole rings is 2. The number of methoxy groups -OCH3 is 1. The van der Waals surface area contributed by atoms with Gasteiger partial charge in [-0.3, -0.25) is 14.5 Å². The number of H-pyrrole nitrogens is 2. The number of aromatic nitrogens is 4. The number of halogens is 2. The van der Waals surface area contributed by atoms with E-state index in [1.165, 1.54) is 25.4 Å². The molecular formula is C45H51F2N9O4. The second-order valence-corrected chi connectivity index (χ2v) is 16.1. The predicted molar refractivity (Wildman–Crippen MR) is 222 cm³/mol. The van der Waals surface area contributed by atoms with Gasteiger partial charge in [-0.2, -0.15) is 0 Å². The van der Waals surface area contributed by atoms with Gasteiger partial charge in [0.05, 0.1) is 31.1 Å². The number of hydrogen-bond donors (Lipinski definition) is 3. The molecule has 3 N–H and O–H groups in total. The molecular weight excluding hydrogens is 769 g/mol. The average Bonchev–Trinajstić information content (AvgIpc) is 4.10. The van der Waals surface area contributed by atoms with Crippen LogP contribution < -0.4 is 10.2 Å². The van der Waals surface area contributed by atoms with Gasteiger partial charge in [-0.1, -0.05) is 60.7 Å². The summed E-state index contributed by atoms with van der Waals surface area (Å²) in [4.78, 5) is 63.4. The Bertz CT molecular complexity index is 2270. The number of benzene rings is 3. The molecule has 3 amide bonds. The predicted octanol–water partition coefficient (Wildman–Crippen LogP) is 7.19. The Morgan fingerprint density at radius 1 is 0.767 bits per heavy atom. The molecule has 3 saturated heterocycles. The molecule has 0 aliphatic carbocycles. The smallest absolute Gasteiger partial charge is 0.407 e. The molecule has 13 nitrogen and oxygen atoms in total. The van der Waals surface area contributed by atoms with E-state index in [1.54, 1.807) is 34.1 Å². The van der Waals surface area contributed by atoms with Crippen LogP contribution in [0.5, 0.6) is 0 Å². The Kier molecular flexibility index (Phi) is 12.0. The topological polar surface area (TPSA) is 143 Å². The second kappa shape index (κ2) is 17.6. The number of likely N-dealkylation sites (N-methyl/N-ethyl adjacent to an activating group) is 1. The molecule has 0 bridgehead atoms. The van der Waals surface area contributed by atoms with Gasteiger partial charge in [-0.15, -0.1) is 0 Å². The van der Waals surface area contributed by atoms with E-state index in [4.69, 9.17) is 9.72 Å². The zero-order chi connectivity index (χ0) is 41.9. The number of hydrogen-bond acceptors (Lipinski definition) is 8. The molecule has 4 unspecified atom stereocenters. The highest BCUT2D eigenvalue weighted by molar-refractivity contribution is 5.87. The first-order valence-corrected chi connectivity index (χ1v) is 20.7. The number of carbonyl (C=O) groups is 3. The van der Waals surface area contributed by atoms with Crippen molar-refractivity contribution in [3.05, 3.63) is 125 Å². The summed E-state index contributed by atoms with van der Waals surface area (Å²) in [6.07, 6.45) is 7.06. The summed E-state index contributed by atoms with van der Waals surface area (Å²) >= 11 is 0. The minimum Gasteiger partial charge on any atom is -0.453 e. The summed E-state index contributed by atoms with van der Waals surface area (Å²) in [5, 5.41) is 2.66.